The van der Waals surface area contributed by atoms with Crippen LogP contribution >= 0.6 is 11.6 Å². The summed E-state index contributed by atoms with van der Waals surface area (Å²) in [6.07, 6.45) is 2.97. The van der Waals surface area contributed by atoms with Crippen LogP contribution in [0.4, 0.5) is 0 Å². The van der Waals surface area contributed by atoms with Crippen LogP contribution in [0, 0.1) is 0 Å². The fourth-order valence-electron chi connectivity index (χ4n) is 2.41. The number of carbonyl (C=O) groups is 1. The highest BCUT2D eigenvalue weighted by Crippen LogP contribution is 2.21. The molecule has 0 spiro atoms. The van der Waals surface area contributed by atoms with Crippen LogP contribution in [-0.4, -0.2) is 47.3 Å². The molecule has 4 nitrogen and oxygen atoms in total. The van der Waals surface area contributed by atoms with Crippen molar-refractivity contribution in [2.75, 3.05) is 19.7 Å². The first-order valence-electron chi connectivity index (χ1n) is 6.91. The fourth-order valence-corrected chi connectivity index (χ4v) is 2.53. The van der Waals surface area contributed by atoms with Crippen LogP contribution in [0.25, 0.3) is 6.08 Å². The normalized spacial score (nSPS) is 21.7. The number of hydrogen-bond acceptors (Lipinski definition) is 3. The van der Waals surface area contributed by atoms with Gasteiger partial charge in [-0.1, -0.05) is 23.7 Å². The summed E-state index contributed by atoms with van der Waals surface area (Å²) in [7, 11) is 0. The van der Waals surface area contributed by atoms with E-state index in [2.05, 4.69) is 0 Å². The van der Waals surface area contributed by atoms with E-state index in [0.717, 1.165) is 5.56 Å². The van der Waals surface area contributed by atoms with E-state index < -0.39 is 5.60 Å². The molecule has 1 unspecified atom stereocenters. The molecule has 2 rings (SSSR count). The van der Waals surface area contributed by atoms with E-state index in [1.54, 1.807) is 29.2 Å². The van der Waals surface area contributed by atoms with Crippen molar-refractivity contribution in [1.82, 2.24) is 4.90 Å². The number of benzene rings is 1. The summed E-state index contributed by atoms with van der Waals surface area (Å²) in [6.45, 7) is 4.65. The summed E-state index contributed by atoms with van der Waals surface area (Å²) in [5.74, 6) is -0.0835. The van der Waals surface area contributed by atoms with Crippen LogP contribution < -0.4 is 0 Å². The quantitative estimate of drug-likeness (QED) is 0.872. The zero-order chi connectivity index (χ0) is 15.5. The molecule has 1 heterocycles. The Morgan fingerprint density at radius 1 is 1.48 bits per heavy atom. The van der Waals surface area contributed by atoms with Gasteiger partial charge < -0.3 is 14.7 Å². The monoisotopic (exact) mass is 309 g/mol. The second-order valence-corrected chi connectivity index (χ2v) is 6.22. The highest BCUT2D eigenvalue weighted by molar-refractivity contribution is 6.30. The maximum absolute atomic E-state index is 12.3. The third-order valence-corrected chi connectivity index (χ3v) is 3.54. The largest absolute Gasteiger partial charge is 0.394 e. The number of rotatable bonds is 3. The molecule has 0 aliphatic carbocycles. The molecule has 1 amide bonds. The van der Waals surface area contributed by atoms with E-state index in [4.69, 9.17) is 16.3 Å². The highest BCUT2D eigenvalue weighted by atomic mass is 35.5. The molecule has 5 heteroatoms. The molecule has 1 atom stereocenters. The molecule has 1 saturated heterocycles. The van der Waals surface area contributed by atoms with E-state index in [1.165, 1.54) is 0 Å². The standard InChI is InChI=1S/C16H20ClNO3/c1-16(2)11-18(9-14(10-19)21-16)15(20)8-5-12-3-6-13(17)7-4-12/h3-8,14,19H,9-11H2,1-2H3/b8-5+. The zero-order valence-electron chi connectivity index (χ0n) is 12.3. The number of aliphatic hydroxyl groups is 1. The van der Waals surface area contributed by atoms with Gasteiger partial charge in [-0.15, -0.1) is 0 Å². The molecule has 1 fully saturated rings. The Bertz CT molecular complexity index is 525. The zero-order valence-corrected chi connectivity index (χ0v) is 13.0. The van der Waals surface area contributed by atoms with Gasteiger partial charge >= 0.3 is 0 Å². The van der Waals surface area contributed by atoms with Crippen molar-refractivity contribution in [3.63, 3.8) is 0 Å². The van der Waals surface area contributed by atoms with Gasteiger partial charge in [0.1, 0.15) is 0 Å². The summed E-state index contributed by atoms with van der Waals surface area (Å²) in [5.41, 5.74) is 0.467. The topological polar surface area (TPSA) is 49.8 Å². The second-order valence-electron chi connectivity index (χ2n) is 5.79. The molecule has 1 aromatic rings. The van der Waals surface area contributed by atoms with Crippen LogP contribution in [0.1, 0.15) is 19.4 Å². The predicted molar refractivity (Wildman–Crippen MR) is 83.1 cm³/mol. The van der Waals surface area contributed by atoms with E-state index >= 15 is 0 Å². The van der Waals surface area contributed by atoms with E-state index in [1.807, 2.05) is 26.0 Å². The Balaban J connectivity index is 2.03. The summed E-state index contributed by atoms with van der Waals surface area (Å²) in [4.78, 5) is 14.0. The minimum atomic E-state index is -0.449. The van der Waals surface area contributed by atoms with Crippen molar-refractivity contribution < 1.29 is 14.6 Å². The average molecular weight is 310 g/mol. The van der Waals surface area contributed by atoms with Gasteiger partial charge in [0.15, 0.2) is 0 Å². The number of aliphatic hydroxyl groups excluding tert-OH is 1. The van der Waals surface area contributed by atoms with Gasteiger partial charge in [0.25, 0.3) is 0 Å². The number of carbonyl (C=O) groups excluding carboxylic acids is 1. The summed E-state index contributed by atoms with van der Waals surface area (Å²) in [5, 5.41) is 9.93. The van der Waals surface area contributed by atoms with E-state index in [-0.39, 0.29) is 18.6 Å². The second kappa shape index (κ2) is 6.60. The van der Waals surface area contributed by atoms with Crippen LogP contribution in [0.15, 0.2) is 30.3 Å². The Hall–Kier alpha value is -1.36. The van der Waals surface area contributed by atoms with Crippen LogP contribution in [0.2, 0.25) is 5.02 Å². The Morgan fingerprint density at radius 3 is 2.76 bits per heavy atom. The fraction of sp³-hybridized carbons (Fsp3) is 0.438. The van der Waals surface area contributed by atoms with Gasteiger partial charge in [-0.2, -0.15) is 0 Å². The van der Waals surface area contributed by atoms with Crippen LogP contribution in [0.3, 0.4) is 0 Å². The number of hydrogen-bond donors (Lipinski definition) is 1. The lowest BCUT2D eigenvalue weighted by atomic mass is 10.1. The molecule has 0 aromatic heterocycles. The SMILES string of the molecule is CC1(C)CN(C(=O)/C=C/c2ccc(Cl)cc2)CC(CO)O1. The molecule has 0 saturated carbocycles. The third-order valence-electron chi connectivity index (χ3n) is 3.29. The van der Waals surface area contributed by atoms with Crippen molar-refractivity contribution in [3.05, 3.63) is 40.9 Å². The molecule has 1 aliphatic rings. The number of ether oxygens (including phenoxy) is 1. The average Bonchev–Trinajstić information content (AvgIpc) is 2.44. The molecule has 1 aliphatic heterocycles. The van der Waals surface area contributed by atoms with Gasteiger partial charge in [0.05, 0.1) is 18.3 Å². The summed E-state index contributed by atoms with van der Waals surface area (Å²) < 4.78 is 5.70. The van der Waals surface area contributed by atoms with E-state index in [9.17, 15) is 9.90 Å². The summed E-state index contributed by atoms with van der Waals surface area (Å²) >= 11 is 5.82. The minimum absolute atomic E-state index is 0.0835. The maximum Gasteiger partial charge on any atom is 0.246 e. The number of morpholine rings is 1. The van der Waals surface area contributed by atoms with Gasteiger partial charge in [-0.3, -0.25) is 4.79 Å². The lowest BCUT2D eigenvalue weighted by molar-refractivity contribution is -0.163. The number of halogens is 1. The van der Waals surface area contributed by atoms with Gasteiger partial charge in [-0.05, 0) is 37.6 Å². The molecule has 1 aromatic carbocycles. The number of nitrogens with zero attached hydrogens (tertiary/aromatic N) is 1. The van der Waals surface area contributed by atoms with Gasteiger partial charge in [0.2, 0.25) is 5.91 Å². The van der Waals surface area contributed by atoms with Crippen molar-refractivity contribution in [3.8, 4) is 0 Å². The predicted octanol–water partition coefficient (Wildman–Crippen LogP) is 2.35. The molecule has 1 N–H and O–H groups in total. The van der Waals surface area contributed by atoms with Gasteiger partial charge in [0, 0.05) is 24.2 Å². The Labute approximate surface area is 130 Å². The van der Waals surface area contributed by atoms with Crippen molar-refractivity contribution in [1.29, 1.82) is 0 Å². The maximum atomic E-state index is 12.3. The lowest BCUT2D eigenvalue weighted by Crippen LogP contribution is -2.55. The van der Waals surface area contributed by atoms with Crippen LogP contribution in [-0.2, 0) is 9.53 Å². The van der Waals surface area contributed by atoms with Crippen molar-refractivity contribution in [2.45, 2.75) is 25.6 Å². The molecular formula is C16H20ClNO3. The molecular weight excluding hydrogens is 290 g/mol. The first kappa shape index (κ1) is 16.0. The van der Waals surface area contributed by atoms with Crippen molar-refractivity contribution >= 4 is 23.6 Å². The highest BCUT2D eigenvalue weighted by Gasteiger charge is 2.34. The Morgan fingerprint density at radius 2 is 2.14 bits per heavy atom. The minimum Gasteiger partial charge on any atom is -0.394 e. The molecule has 114 valence electrons. The lowest BCUT2D eigenvalue weighted by Gasteiger charge is -2.41. The van der Waals surface area contributed by atoms with Gasteiger partial charge in [-0.25, -0.2) is 0 Å². The van der Waals surface area contributed by atoms with Crippen molar-refractivity contribution in [2.24, 2.45) is 0 Å². The van der Waals surface area contributed by atoms with E-state index in [0.29, 0.717) is 18.1 Å². The third kappa shape index (κ3) is 4.56. The molecule has 0 bridgehead atoms. The smallest absolute Gasteiger partial charge is 0.246 e. The number of amides is 1. The first-order valence-corrected chi connectivity index (χ1v) is 7.29. The van der Waals surface area contributed by atoms with Crippen LogP contribution in [0.5, 0.6) is 0 Å². The molecule has 0 radical (unpaired) electrons. The molecule has 21 heavy (non-hydrogen) atoms. The summed E-state index contributed by atoms with van der Waals surface area (Å²) in [6, 6.07) is 7.27. The Kier molecular flexibility index (Phi) is 5.04. The first-order chi connectivity index (χ1) is 9.89.